The average molecular weight is 914 g/mol. The molecule has 65 heavy (non-hydrogen) atoms. The second-order valence-electron chi connectivity index (χ2n) is 19.2. The van der Waals surface area contributed by atoms with E-state index in [4.69, 9.17) is 14.2 Å². The van der Waals surface area contributed by atoms with E-state index in [0.29, 0.717) is 19.3 Å². The van der Waals surface area contributed by atoms with E-state index in [1.807, 2.05) is 0 Å². The summed E-state index contributed by atoms with van der Waals surface area (Å²) < 4.78 is 16.9. The summed E-state index contributed by atoms with van der Waals surface area (Å²) in [6.45, 7) is 6.62. The Kier molecular flexibility index (Phi) is 52.3. The second-order valence-corrected chi connectivity index (χ2v) is 19.2. The third-order valence-electron chi connectivity index (χ3n) is 12.6. The Balaban J connectivity index is 4.34. The first-order chi connectivity index (χ1) is 32.0. The number of ether oxygens (including phenoxy) is 3. The summed E-state index contributed by atoms with van der Waals surface area (Å²) >= 11 is 0. The molecule has 0 radical (unpaired) electrons. The highest BCUT2D eigenvalue weighted by Crippen LogP contribution is 2.16. The van der Waals surface area contributed by atoms with Crippen molar-refractivity contribution in [1.29, 1.82) is 0 Å². The van der Waals surface area contributed by atoms with Crippen molar-refractivity contribution >= 4 is 17.9 Å². The molecule has 0 aromatic carbocycles. The molecular weight excluding hydrogens is 805 g/mol. The SMILES string of the molecule is CCCCC/C=C\C/C=C\CCCCCCCCCC(=O)OC[C@H](COC(=O)CCCCCCCCCCCCCCCCCCC)OC(=O)CCCCCCC/C=C\CCCCCC. The van der Waals surface area contributed by atoms with Crippen LogP contribution in [0.15, 0.2) is 36.5 Å². The molecule has 1 atom stereocenters. The standard InChI is InChI=1S/C59H108O6/c1-4-7-10-13-16-19-22-25-27-29-31-34-36-39-42-45-48-51-57(60)63-54-56(65-59(62)53-50-47-44-41-38-33-24-21-18-15-12-9-6-3)55-64-58(61)52-49-46-43-40-37-35-32-30-28-26-23-20-17-14-11-8-5-2/h16,19,21,24-25,27,56H,4-15,17-18,20,22-23,26,28-55H2,1-3H3/b19-16-,24-21-,27-25-/t56-/m1/s1. The minimum atomic E-state index is -0.776. The van der Waals surface area contributed by atoms with Gasteiger partial charge in [0.2, 0.25) is 0 Å². The first kappa shape index (κ1) is 62.6. The zero-order valence-electron chi connectivity index (χ0n) is 43.5. The van der Waals surface area contributed by atoms with E-state index in [-0.39, 0.29) is 31.1 Å². The lowest BCUT2D eigenvalue weighted by Gasteiger charge is -2.18. The van der Waals surface area contributed by atoms with Crippen LogP contribution in [0.4, 0.5) is 0 Å². The fraction of sp³-hybridized carbons (Fsp3) is 0.847. The molecule has 0 N–H and O–H groups in total. The van der Waals surface area contributed by atoms with Gasteiger partial charge in [-0.1, -0.05) is 243 Å². The minimum Gasteiger partial charge on any atom is -0.462 e. The summed E-state index contributed by atoms with van der Waals surface area (Å²) in [6, 6.07) is 0. The first-order valence-electron chi connectivity index (χ1n) is 28.5. The third-order valence-corrected chi connectivity index (χ3v) is 12.6. The van der Waals surface area contributed by atoms with Gasteiger partial charge < -0.3 is 14.2 Å². The summed E-state index contributed by atoms with van der Waals surface area (Å²) in [4.78, 5) is 38.1. The Hall–Kier alpha value is -2.37. The second kappa shape index (κ2) is 54.2. The van der Waals surface area contributed by atoms with Crippen molar-refractivity contribution in [3.8, 4) is 0 Å². The van der Waals surface area contributed by atoms with E-state index in [2.05, 4.69) is 57.2 Å². The van der Waals surface area contributed by atoms with Crippen LogP contribution in [0.2, 0.25) is 0 Å². The van der Waals surface area contributed by atoms with Crippen molar-refractivity contribution in [2.24, 2.45) is 0 Å². The van der Waals surface area contributed by atoms with E-state index in [1.165, 1.54) is 186 Å². The van der Waals surface area contributed by atoms with Crippen LogP contribution >= 0.6 is 0 Å². The molecule has 0 heterocycles. The molecule has 0 bridgehead atoms. The Morgan fingerprint density at radius 1 is 0.308 bits per heavy atom. The van der Waals surface area contributed by atoms with E-state index in [1.54, 1.807) is 0 Å². The van der Waals surface area contributed by atoms with Crippen molar-refractivity contribution in [3.05, 3.63) is 36.5 Å². The van der Waals surface area contributed by atoms with Crippen molar-refractivity contribution in [3.63, 3.8) is 0 Å². The lowest BCUT2D eigenvalue weighted by atomic mass is 10.0. The molecule has 0 spiro atoms. The number of hydrogen-bond donors (Lipinski definition) is 0. The van der Waals surface area contributed by atoms with Gasteiger partial charge in [0, 0.05) is 19.3 Å². The van der Waals surface area contributed by atoms with Crippen LogP contribution < -0.4 is 0 Å². The maximum atomic E-state index is 12.8. The summed E-state index contributed by atoms with van der Waals surface area (Å²) in [5, 5.41) is 0. The summed E-state index contributed by atoms with van der Waals surface area (Å²) in [7, 11) is 0. The zero-order chi connectivity index (χ0) is 47.2. The molecule has 0 aliphatic carbocycles. The third kappa shape index (κ3) is 52.5. The summed E-state index contributed by atoms with van der Waals surface area (Å²) in [6.07, 6.45) is 64.1. The van der Waals surface area contributed by atoms with Crippen LogP contribution in [0.1, 0.15) is 303 Å². The van der Waals surface area contributed by atoms with Gasteiger partial charge in [-0.15, -0.1) is 0 Å². The predicted octanol–water partition coefficient (Wildman–Crippen LogP) is 18.9. The highest BCUT2D eigenvalue weighted by Gasteiger charge is 2.19. The van der Waals surface area contributed by atoms with Gasteiger partial charge in [0.15, 0.2) is 6.10 Å². The van der Waals surface area contributed by atoms with Gasteiger partial charge in [-0.25, -0.2) is 0 Å². The molecule has 0 rings (SSSR count). The van der Waals surface area contributed by atoms with Crippen LogP contribution in [0.3, 0.4) is 0 Å². The van der Waals surface area contributed by atoms with E-state index < -0.39 is 6.10 Å². The smallest absolute Gasteiger partial charge is 0.306 e. The van der Waals surface area contributed by atoms with Crippen LogP contribution in [0, 0.1) is 0 Å². The van der Waals surface area contributed by atoms with E-state index >= 15 is 0 Å². The lowest BCUT2D eigenvalue weighted by Crippen LogP contribution is -2.30. The predicted molar refractivity (Wildman–Crippen MR) is 279 cm³/mol. The van der Waals surface area contributed by atoms with E-state index in [9.17, 15) is 14.4 Å². The molecule has 0 aromatic rings. The van der Waals surface area contributed by atoms with Crippen molar-refractivity contribution in [2.75, 3.05) is 13.2 Å². The topological polar surface area (TPSA) is 78.9 Å². The molecule has 380 valence electrons. The van der Waals surface area contributed by atoms with Gasteiger partial charge in [0.25, 0.3) is 0 Å². The Labute approximate surface area is 404 Å². The summed E-state index contributed by atoms with van der Waals surface area (Å²) in [5.41, 5.74) is 0. The minimum absolute atomic E-state index is 0.0745. The number of carbonyl (C=O) groups is 3. The highest BCUT2D eigenvalue weighted by molar-refractivity contribution is 5.71. The Morgan fingerprint density at radius 3 is 0.908 bits per heavy atom. The number of allylic oxidation sites excluding steroid dienone is 6. The fourth-order valence-electron chi connectivity index (χ4n) is 8.29. The van der Waals surface area contributed by atoms with Crippen LogP contribution in [0.25, 0.3) is 0 Å². The molecule has 0 fully saturated rings. The number of hydrogen-bond acceptors (Lipinski definition) is 6. The van der Waals surface area contributed by atoms with Gasteiger partial charge in [-0.3, -0.25) is 14.4 Å². The molecule has 6 heteroatoms. The first-order valence-corrected chi connectivity index (χ1v) is 28.5. The fourth-order valence-corrected chi connectivity index (χ4v) is 8.29. The van der Waals surface area contributed by atoms with Crippen molar-refractivity contribution in [1.82, 2.24) is 0 Å². The summed E-state index contributed by atoms with van der Waals surface area (Å²) in [5.74, 6) is -0.875. The normalized spacial score (nSPS) is 12.2. The molecular formula is C59H108O6. The maximum absolute atomic E-state index is 12.8. The van der Waals surface area contributed by atoms with Gasteiger partial charge >= 0.3 is 17.9 Å². The molecule has 0 saturated carbocycles. The molecule has 0 aromatic heterocycles. The number of rotatable bonds is 52. The molecule has 0 saturated heterocycles. The number of unbranched alkanes of at least 4 members (excludes halogenated alkanes) is 35. The van der Waals surface area contributed by atoms with Crippen LogP contribution in [-0.2, 0) is 28.6 Å². The van der Waals surface area contributed by atoms with Crippen LogP contribution in [-0.4, -0.2) is 37.2 Å². The van der Waals surface area contributed by atoms with Gasteiger partial charge in [-0.05, 0) is 77.0 Å². The van der Waals surface area contributed by atoms with E-state index in [0.717, 1.165) is 77.0 Å². The Bertz CT molecular complexity index is 1090. The molecule has 0 aliphatic rings. The zero-order valence-corrected chi connectivity index (χ0v) is 43.5. The molecule has 0 amide bonds. The van der Waals surface area contributed by atoms with Crippen molar-refractivity contribution in [2.45, 2.75) is 309 Å². The number of esters is 3. The lowest BCUT2D eigenvalue weighted by molar-refractivity contribution is -0.167. The van der Waals surface area contributed by atoms with Gasteiger partial charge in [-0.2, -0.15) is 0 Å². The molecule has 6 nitrogen and oxygen atoms in total. The molecule has 0 unspecified atom stereocenters. The highest BCUT2D eigenvalue weighted by atomic mass is 16.6. The van der Waals surface area contributed by atoms with Crippen LogP contribution in [0.5, 0.6) is 0 Å². The Morgan fingerprint density at radius 2 is 0.554 bits per heavy atom. The van der Waals surface area contributed by atoms with Gasteiger partial charge in [0.05, 0.1) is 0 Å². The number of carbonyl (C=O) groups excluding carboxylic acids is 3. The molecule has 0 aliphatic heterocycles. The average Bonchev–Trinajstić information content (AvgIpc) is 3.30. The quantitative estimate of drug-likeness (QED) is 0.0262. The van der Waals surface area contributed by atoms with Gasteiger partial charge in [0.1, 0.15) is 13.2 Å². The van der Waals surface area contributed by atoms with Crippen molar-refractivity contribution < 1.29 is 28.6 Å². The largest absolute Gasteiger partial charge is 0.462 e. The maximum Gasteiger partial charge on any atom is 0.306 e. The monoisotopic (exact) mass is 913 g/mol.